The van der Waals surface area contributed by atoms with Crippen molar-refractivity contribution in [3.8, 4) is 0 Å². The van der Waals surface area contributed by atoms with Gasteiger partial charge in [-0.15, -0.1) is 0 Å². The summed E-state index contributed by atoms with van der Waals surface area (Å²) in [6.45, 7) is 0. The number of rotatable bonds is 4. The minimum Gasteiger partial charge on any atom is -0.350 e. The number of ketones is 1. The molecule has 0 radical (unpaired) electrons. The van der Waals surface area contributed by atoms with Crippen LogP contribution in [-0.2, 0) is 10.0 Å². The largest absolute Gasteiger partial charge is 0.350 e. The van der Waals surface area contributed by atoms with Gasteiger partial charge >= 0.3 is 0 Å². The quantitative estimate of drug-likeness (QED) is 0.613. The van der Waals surface area contributed by atoms with E-state index in [9.17, 15) is 13.2 Å². The molecule has 0 saturated heterocycles. The molecule has 0 aliphatic rings. The number of H-pyrrole nitrogens is 1. The van der Waals surface area contributed by atoms with Crippen LogP contribution in [0.1, 0.15) is 16.1 Å². The summed E-state index contributed by atoms with van der Waals surface area (Å²) < 4.78 is 26.6. The molecule has 3 rings (SSSR count). The fourth-order valence-electron chi connectivity index (χ4n) is 2.41. The molecule has 0 atom stereocenters. The molecule has 0 amide bonds. The fourth-order valence-corrected chi connectivity index (χ4v) is 3.56. The maximum Gasteiger partial charge on any atom is 0.229 e. The van der Waals surface area contributed by atoms with Crippen LogP contribution < -0.4 is 4.72 Å². The molecule has 1 aromatic heterocycles. The second-order valence-electron chi connectivity index (χ2n) is 5.28. The van der Waals surface area contributed by atoms with Crippen molar-refractivity contribution < 1.29 is 13.2 Å². The number of hydrogen-bond donors (Lipinski definition) is 2. The molecule has 124 valence electrons. The first-order valence-corrected chi connectivity index (χ1v) is 9.90. The maximum absolute atomic E-state index is 12.8. The van der Waals surface area contributed by atoms with Gasteiger partial charge in [-0.1, -0.05) is 39.7 Å². The number of sulfonamides is 1. The van der Waals surface area contributed by atoms with Crippen molar-refractivity contribution in [3.63, 3.8) is 0 Å². The number of benzene rings is 2. The number of anilines is 1. The van der Waals surface area contributed by atoms with Gasteiger partial charge in [0.25, 0.3) is 0 Å². The normalized spacial score (nSPS) is 11.6. The Bertz CT molecular complexity index is 1060. The molecule has 1 heterocycles. The Morgan fingerprint density at radius 1 is 1.21 bits per heavy atom. The molecule has 0 aliphatic heterocycles. The van der Waals surface area contributed by atoms with E-state index < -0.39 is 10.0 Å². The van der Waals surface area contributed by atoms with Gasteiger partial charge in [0.05, 0.1) is 11.9 Å². The predicted molar refractivity (Wildman–Crippen MR) is 99.3 cm³/mol. The number of aromatic nitrogens is 1. The highest BCUT2D eigenvalue weighted by Crippen LogP contribution is 2.32. The Balaban J connectivity index is 2.22. The third kappa shape index (κ3) is 3.48. The van der Waals surface area contributed by atoms with E-state index in [4.69, 9.17) is 11.6 Å². The molecule has 0 unspecified atom stereocenters. The number of hydrogen-bond acceptors (Lipinski definition) is 3. The van der Waals surface area contributed by atoms with Crippen LogP contribution in [0.15, 0.2) is 46.9 Å². The predicted octanol–water partition coefficient (Wildman–Crippen LogP) is 4.19. The van der Waals surface area contributed by atoms with Crippen LogP contribution >= 0.6 is 27.5 Å². The highest BCUT2D eigenvalue weighted by atomic mass is 79.9. The molecule has 8 heteroatoms. The molecule has 0 spiro atoms. The summed E-state index contributed by atoms with van der Waals surface area (Å²) in [5, 5.41) is 1.05. The van der Waals surface area contributed by atoms with E-state index in [1.807, 2.05) is 0 Å². The summed E-state index contributed by atoms with van der Waals surface area (Å²) in [4.78, 5) is 15.8. The monoisotopic (exact) mass is 426 g/mol. The number of halogens is 2. The van der Waals surface area contributed by atoms with E-state index in [-0.39, 0.29) is 17.2 Å². The number of carbonyl (C=O) groups excluding carboxylic acids is 1. The van der Waals surface area contributed by atoms with Gasteiger partial charge in [0.1, 0.15) is 5.69 Å². The zero-order valence-corrected chi connectivity index (χ0v) is 15.6. The molecule has 0 fully saturated rings. The van der Waals surface area contributed by atoms with Gasteiger partial charge in [0.2, 0.25) is 15.8 Å². The van der Waals surface area contributed by atoms with Crippen molar-refractivity contribution in [2.45, 2.75) is 0 Å². The van der Waals surface area contributed by atoms with E-state index in [1.54, 1.807) is 42.5 Å². The van der Waals surface area contributed by atoms with Crippen LogP contribution in [0, 0.1) is 0 Å². The highest BCUT2D eigenvalue weighted by Gasteiger charge is 2.21. The van der Waals surface area contributed by atoms with Crippen LogP contribution in [-0.4, -0.2) is 25.4 Å². The molecule has 0 bridgehead atoms. The van der Waals surface area contributed by atoms with Gasteiger partial charge < -0.3 is 4.98 Å². The zero-order valence-electron chi connectivity index (χ0n) is 12.4. The number of carbonyl (C=O) groups is 1. The van der Waals surface area contributed by atoms with Crippen LogP contribution in [0.4, 0.5) is 5.69 Å². The summed E-state index contributed by atoms with van der Waals surface area (Å²) in [5.74, 6) is -0.324. The first kappa shape index (κ1) is 17.0. The Kier molecular flexibility index (Phi) is 4.42. The average Bonchev–Trinajstić information content (AvgIpc) is 2.82. The fraction of sp³-hybridized carbons (Fsp3) is 0.0625. The van der Waals surface area contributed by atoms with Gasteiger partial charge in [-0.25, -0.2) is 8.42 Å². The van der Waals surface area contributed by atoms with E-state index in [0.29, 0.717) is 21.5 Å². The average molecular weight is 428 g/mol. The van der Waals surface area contributed by atoms with E-state index in [0.717, 1.165) is 10.7 Å². The van der Waals surface area contributed by atoms with Crippen LogP contribution in [0.3, 0.4) is 0 Å². The SMILES string of the molecule is CS(=O)(=O)Nc1c(C(=O)c2cccc(Br)c2)[nH]c2cc(Cl)ccc12. The van der Waals surface area contributed by atoms with E-state index in [1.165, 1.54) is 0 Å². The molecule has 24 heavy (non-hydrogen) atoms. The molecule has 0 aliphatic carbocycles. The van der Waals surface area contributed by atoms with Crippen molar-refractivity contribution >= 4 is 59.9 Å². The van der Waals surface area contributed by atoms with E-state index >= 15 is 0 Å². The van der Waals surface area contributed by atoms with Crippen LogP contribution in [0.2, 0.25) is 5.02 Å². The molecule has 2 aromatic carbocycles. The summed E-state index contributed by atoms with van der Waals surface area (Å²) in [6.07, 6.45) is 1.04. The second kappa shape index (κ2) is 6.23. The standard InChI is InChI=1S/C16H12BrClN2O3S/c1-24(22,23)20-14-12-6-5-11(18)8-13(12)19-15(14)16(21)9-3-2-4-10(17)7-9/h2-8,19-20H,1H3. The van der Waals surface area contributed by atoms with Crippen molar-refractivity contribution in [1.82, 2.24) is 4.98 Å². The summed E-state index contributed by atoms with van der Waals surface area (Å²) in [6, 6.07) is 11.8. The van der Waals surface area contributed by atoms with Gasteiger partial charge in [-0.05, 0) is 30.3 Å². The lowest BCUT2D eigenvalue weighted by atomic mass is 10.1. The minimum atomic E-state index is -3.56. The topological polar surface area (TPSA) is 79.0 Å². The summed E-state index contributed by atoms with van der Waals surface area (Å²) >= 11 is 9.30. The molecular formula is C16H12BrClN2O3S. The Labute approximate surface area is 152 Å². The molecular weight excluding hydrogens is 416 g/mol. The van der Waals surface area contributed by atoms with Gasteiger partial charge in [0.15, 0.2) is 0 Å². The van der Waals surface area contributed by atoms with Crippen LogP contribution in [0.25, 0.3) is 10.9 Å². The lowest BCUT2D eigenvalue weighted by molar-refractivity contribution is 0.103. The Hall–Kier alpha value is -1.83. The van der Waals surface area contributed by atoms with Gasteiger partial charge in [0, 0.05) is 26.0 Å². The molecule has 3 aromatic rings. The van der Waals surface area contributed by atoms with Gasteiger partial charge in [-0.2, -0.15) is 0 Å². The van der Waals surface area contributed by atoms with Crippen molar-refractivity contribution in [1.29, 1.82) is 0 Å². The summed E-state index contributed by atoms with van der Waals surface area (Å²) in [7, 11) is -3.56. The third-order valence-corrected chi connectivity index (χ3v) is 4.67. The third-order valence-electron chi connectivity index (χ3n) is 3.36. The Morgan fingerprint density at radius 3 is 2.62 bits per heavy atom. The van der Waals surface area contributed by atoms with Crippen molar-refractivity contribution in [3.05, 3.63) is 63.2 Å². The number of fused-ring (bicyclic) bond motifs is 1. The molecule has 0 saturated carbocycles. The smallest absolute Gasteiger partial charge is 0.229 e. The Morgan fingerprint density at radius 2 is 1.96 bits per heavy atom. The maximum atomic E-state index is 12.8. The minimum absolute atomic E-state index is 0.163. The number of aromatic amines is 1. The second-order valence-corrected chi connectivity index (χ2v) is 8.38. The molecule has 2 N–H and O–H groups in total. The van der Waals surface area contributed by atoms with E-state index in [2.05, 4.69) is 25.6 Å². The van der Waals surface area contributed by atoms with Crippen molar-refractivity contribution in [2.24, 2.45) is 0 Å². The van der Waals surface area contributed by atoms with Crippen LogP contribution in [0.5, 0.6) is 0 Å². The first-order chi connectivity index (χ1) is 11.2. The first-order valence-electron chi connectivity index (χ1n) is 6.84. The number of nitrogens with one attached hydrogen (secondary N) is 2. The summed E-state index contributed by atoms with van der Waals surface area (Å²) in [5.41, 5.74) is 1.38. The van der Waals surface area contributed by atoms with Gasteiger partial charge in [-0.3, -0.25) is 9.52 Å². The highest BCUT2D eigenvalue weighted by molar-refractivity contribution is 9.10. The van der Waals surface area contributed by atoms with Crippen molar-refractivity contribution in [2.75, 3.05) is 11.0 Å². The lowest BCUT2D eigenvalue weighted by Crippen LogP contribution is -2.13. The zero-order chi connectivity index (χ0) is 17.5. The molecule has 5 nitrogen and oxygen atoms in total. The lowest BCUT2D eigenvalue weighted by Gasteiger charge is -2.06.